The van der Waals surface area contributed by atoms with Gasteiger partial charge in [-0.25, -0.2) is 0 Å². The summed E-state index contributed by atoms with van der Waals surface area (Å²) in [4.78, 5) is 23.7. The van der Waals surface area contributed by atoms with Crippen molar-refractivity contribution >= 4 is 23.2 Å². The van der Waals surface area contributed by atoms with Crippen molar-refractivity contribution in [3.8, 4) is 5.75 Å². The molecule has 0 heterocycles. The lowest BCUT2D eigenvalue weighted by Gasteiger charge is -2.13. The highest BCUT2D eigenvalue weighted by atomic mass is 16.5. The van der Waals surface area contributed by atoms with Crippen LogP contribution in [0.25, 0.3) is 0 Å². The predicted octanol–water partition coefficient (Wildman–Crippen LogP) is 3.52. The summed E-state index contributed by atoms with van der Waals surface area (Å²) in [5.74, 6) is 0.129. The normalized spacial score (nSPS) is 10.1. The predicted molar refractivity (Wildman–Crippen MR) is 91.2 cm³/mol. The van der Waals surface area contributed by atoms with Crippen LogP contribution in [0.5, 0.6) is 5.75 Å². The minimum Gasteiger partial charge on any atom is -0.495 e. The van der Waals surface area contributed by atoms with Gasteiger partial charge in [0.2, 0.25) is 5.91 Å². The molecule has 0 fully saturated rings. The highest BCUT2D eigenvalue weighted by molar-refractivity contribution is 6.06. The minimum absolute atomic E-state index is 0.179. The van der Waals surface area contributed by atoms with Gasteiger partial charge in [-0.1, -0.05) is 17.7 Å². The molecule has 0 saturated carbocycles. The SMILES string of the molecule is COc1ccc(NC(C)=O)cc1NC(=O)c1cc(C)ccc1C. The van der Waals surface area contributed by atoms with Gasteiger partial charge in [0.25, 0.3) is 5.91 Å². The van der Waals surface area contributed by atoms with Crippen molar-refractivity contribution in [3.05, 3.63) is 53.1 Å². The maximum Gasteiger partial charge on any atom is 0.256 e. The molecule has 5 heteroatoms. The van der Waals surface area contributed by atoms with Gasteiger partial charge >= 0.3 is 0 Å². The quantitative estimate of drug-likeness (QED) is 0.907. The molecule has 2 amide bonds. The first-order valence-electron chi connectivity index (χ1n) is 7.25. The Morgan fingerprint density at radius 1 is 1.00 bits per heavy atom. The fourth-order valence-electron chi connectivity index (χ4n) is 2.26. The van der Waals surface area contributed by atoms with Crippen molar-refractivity contribution in [1.82, 2.24) is 0 Å². The number of carbonyl (C=O) groups excluding carboxylic acids is 2. The Balaban J connectivity index is 2.32. The second kappa shape index (κ2) is 6.96. The van der Waals surface area contributed by atoms with Crippen LogP contribution in [-0.4, -0.2) is 18.9 Å². The Hall–Kier alpha value is -2.82. The van der Waals surface area contributed by atoms with E-state index in [0.717, 1.165) is 11.1 Å². The molecule has 2 rings (SSSR count). The first-order valence-corrected chi connectivity index (χ1v) is 7.25. The summed E-state index contributed by atoms with van der Waals surface area (Å²) in [6, 6.07) is 10.8. The number of amides is 2. The van der Waals surface area contributed by atoms with Crippen LogP contribution in [0.15, 0.2) is 36.4 Å². The molecule has 0 atom stereocenters. The van der Waals surface area contributed by atoms with E-state index < -0.39 is 0 Å². The fourth-order valence-corrected chi connectivity index (χ4v) is 2.26. The number of benzene rings is 2. The first-order chi connectivity index (χ1) is 10.9. The van der Waals surface area contributed by atoms with Crippen molar-refractivity contribution in [2.45, 2.75) is 20.8 Å². The van der Waals surface area contributed by atoms with Crippen molar-refractivity contribution in [3.63, 3.8) is 0 Å². The molecule has 23 heavy (non-hydrogen) atoms. The fraction of sp³-hybridized carbons (Fsp3) is 0.222. The van der Waals surface area contributed by atoms with Gasteiger partial charge in [0.1, 0.15) is 5.75 Å². The van der Waals surface area contributed by atoms with Crippen LogP contribution >= 0.6 is 0 Å². The van der Waals surface area contributed by atoms with Crippen LogP contribution in [0.3, 0.4) is 0 Å². The van der Waals surface area contributed by atoms with E-state index in [1.54, 1.807) is 18.2 Å². The smallest absolute Gasteiger partial charge is 0.256 e. The molecular weight excluding hydrogens is 292 g/mol. The lowest BCUT2D eigenvalue weighted by atomic mass is 10.0. The van der Waals surface area contributed by atoms with Gasteiger partial charge in [-0.05, 0) is 43.7 Å². The molecule has 0 unspecified atom stereocenters. The number of aryl methyl sites for hydroxylation is 2. The summed E-state index contributed by atoms with van der Waals surface area (Å²) < 4.78 is 5.27. The van der Waals surface area contributed by atoms with E-state index in [1.165, 1.54) is 14.0 Å². The molecule has 0 bridgehead atoms. The van der Waals surface area contributed by atoms with Gasteiger partial charge in [-0.3, -0.25) is 9.59 Å². The molecular formula is C18H20N2O3. The topological polar surface area (TPSA) is 67.4 Å². The van der Waals surface area contributed by atoms with Crippen LogP contribution in [-0.2, 0) is 4.79 Å². The van der Waals surface area contributed by atoms with E-state index in [4.69, 9.17) is 4.74 Å². The number of methoxy groups -OCH3 is 1. The molecule has 5 nitrogen and oxygen atoms in total. The lowest BCUT2D eigenvalue weighted by Crippen LogP contribution is -2.15. The number of hydrogen-bond donors (Lipinski definition) is 2. The van der Waals surface area contributed by atoms with Crippen molar-refractivity contribution < 1.29 is 14.3 Å². The average molecular weight is 312 g/mol. The zero-order chi connectivity index (χ0) is 17.0. The number of anilines is 2. The second-order valence-electron chi connectivity index (χ2n) is 5.37. The van der Waals surface area contributed by atoms with Gasteiger partial charge in [-0.2, -0.15) is 0 Å². The Labute approximate surface area is 135 Å². The molecule has 2 aromatic rings. The van der Waals surface area contributed by atoms with Crippen LogP contribution < -0.4 is 15.4 Å². The summed E-state index contributed by atoms with van der Waals surface area (Å²) in [7, 11) is 1.53. The highest BCUT2D eigenvalue weighted by Crippen LogP contribution is 2.28. The van der Waals surface area contributed by atoms with E-state index in [0.29, 0.717) is 22.7 Å². The minimum atomic E-state index is -0.218. The van der Waals surface area contributed by atoms with Crippen molar-refractivity contribution in [2.24, 2.45) is 0 Å². The monoisotopic (exact) mass is 312 g/mol. The zero-order valence-corrected chi connectivity index (χ0v) is 13.7. The van der Waals surface area contributed by atoms with E-state index in [-0.39, 0.29) is 11.8 Å². The highest BCUT2D eigenvalue weighted by Gasteiger charge is 2.13. The molecule has 0 aliphatic heterocycles. The third kappa shape index (κ3) is 4.10. The third-order valence-corrected chi connectivity index (χ3v) is 3.41. The summed E-state index contributed by atoms with van der Waals surface area (Å²) in [5, 5.41) is 5.53. The largest absolute Gasteiger partial charge is 0.495 e. The van der Waals surface area contributed by atoms with Gasteiger partial charge < -0.3 is 15.4 Å². The van der Waals surface area contributed by atoms with Crippen LogP contribution in [0.4, 0.5) is 11.4 Å². The zero-order valence-electron chi connectivity index (χ0n) is 13.7. The summed E-state index contributed by atoms with van der Waals surface area (Å²) in [6.07, 6.45) is 0. The molecule has 0 aliphatic carbocycles. The molecule has 0 radical (unpaired) electrons. The van der Waals surface area contributed by atoms with Gasteiger partial charge in [0.15, 0.2) is 0 Å². The molecule has 0 aliphatic rings. The van der Waals surface area contributed by atoms with Gasteiger partial charge in [-0.15, -0.1) is 0 Å². The molecule has 2 N–H and O–H groups in total. The number of ether oxygens (including phenoxy) is 1. The van der Waals surface area contributed by atoms with Gasteiger partial charge in [0.05, 0.1) is 12.8 Å². The van der Waals surface area contributed by atoms with Gasteiger partial charge in [0, 0.05) is 18.2 Å². The molecule has 0 saturated heterocycles. The number of hydrogen-bond acceptors (Lipinski definition) is 3. The Bertz CT molecular complexity index is 754. The van der Waals surface area contributed by atoms with E-state index in [1.807, 2.05) is 32.0 Å². The second-order valence-corrected chi connectivity index (χ2v) is 5.37. The first kappa shape index (κ1) is 16.5. The lowest BCUT2D eigenvalue weighted by molar-refractivity contribution is -0.114. The van der Waals surface area contributed by atoms with Crippen molar-refractivity contribution in [1.29, 1.82) is 0 Å². The third-order valence-electron chi connectivity index (χ3n) is 3.41. The Kier molecular flexibility index (Phi) is 5.01. The number of rotatable bonds is 4. The maximum atomic E-state index is 12.5. The molecule has 2 aromatic carbocycles. The van der Waals surface area contributed by atoms with Crippen LogP contribution in [0, 0.1) is 13.8 Å². The van der Waals surface area contributed by atoms with E-state index in [2.05, 4.69) is 10.6 Å². The van der Waals surface area contributed by atoms with E-state index >= 15 is 0 Å². The van der Waals surface area contributed by atoms with Crippen LogP contribution in [0.2, 0.25) is 0 Å². The number of nitrogens with one attached hydrogen (secondary N) is 2. The summed E-state index contributed by atoms with van der Waals surface area (Å²) >= 11 is 0. The summed E-state index contributed by atoms with van der Waals surface area (Å²) in [5.41, 5.74) is 3.61. The average Bonchev–Trinajstić information content (AvgIpc) is 2.49. The molecule has 120 valence electrons. The summed E-state index contributed by atoms with van der Waals surface area (Å²) in [6.45, 7) is 5.26. The maximum absolute atomic E-state index is 12.5. The Morgan fingerprint density at radius 2 is 1.74 bits per heavy atom. The number of carbonyl (C=O) groups is 2. The standard InChI is InChI=1S/C18H20N2O3/c1-11-5-6-12(2)15(9-11)18(22)20-16-10-14(19-13(3)21)7-8-17(16)23-4/h5-10H,1-4H3,(H,19,21)(H,20,22). The van der Waals surface area contributed by atoms with E-state index in [9.17, 15) is 9.59 Å². The Morgan fingerprint density at radius 3 is 2.39 bits per heavy atom. The molecule has 0 spiro atoms. The van der Waals surface area contributed by atoms with Crippen LogP contribution in [0.1, 0.15) is 28.4 Å². The molecule has 0 aromatic heterocycles. The van der Waals surface area contributed by atoms with Crippen molar-refractivity contribution in [2.75, 3.05) is 17.7 Å².